The van der Waals surface area contributed by atoms with Gasteiger partial charge in [0.25, 0.3) is 0 Å². The number of hydrogen-bond donors (Lipinski definition) is 1. The highest BCUT2D eigenvalue weighted by atomic mass is 35.5. The van der Waals surface area contributed by atoms with E-state index in [1.54, 1.807) is 6.07 Å². The number of nitriles is 1. The van der Waals surface area contributed by atoms with E-state index in [1.165, 1.54) is 12.1 Å². The summed E-state index contributed by atoms with van der Waals surface area (Å²) in [6, 6.07) is 5.22. The minimum absolute atomic E-state index is 0.0356. The third-order valence-corrected chi connectivity index (χ3v) is 5.70. The van der Waals surface area contributed by atoms with Crippen molar-refractivity contribution in [2.24, 2.45) is 0 Å². The van der Waals surface area contributed by atoms with Crippen molar-refractivity contribution in [2.45, 2.75) is 24.7 Å². The lowest BCUT2D eigenvalue weighted by Crippen LogP contribution is -2.16. The third-order valence-electron chi connectivity index (χ3n) is 2.62. The second-order valence-corrected chi connectivity index (χ2v) is 8.48. The van der Waals surface area contributed by atoms with E-state index in [4.69, 9.17) is 16.9 Å². The van der Waals surface area contributed by atoms with Gasteiger partial charge in [0.05, 0.1) is 27.4 Å². The maximum Gasteiger partial charge on any atom is 0.232 e. The fraction of sp³-hybridized carbons (Fsp3) is 0.308. The van der Waals surface area contributed by atoms with E-state index in [0.29, 0.717) is 6.42 Å². The molecule has 1 rings (SSSR count). The number of benzene rings is 1. The van der Waals surface area contributed by atoms with Crippen LogP contribution in [-0.4, -0.2) is 22.6 Å². The predicted molar refractivity (Wildman–Crippen MR) is 85.7 cm³/mol. The zero-order valence-electron chi connectivity index (χ0n) is 11.8. The van der Waals surface area contributed by atoms with Gasteiger partial charge < -0.3 is 0 Å². The van der Waals surface area contributed by atoms with E-state index in [2.05, 4.69) is 4.72 Å². The van der Waals surface area contributed by atoms with Crippen molar-refractivity contribution in [2.75, 3.05) is 10.5 Å². The molecular formula is C13H15ClN2O4S2. The molecule has 0 unspecified atom stereocenters. The molecule has 0 radical (unpaired) electrons. The van der Waals surface area contributed by atoms with Crippen LogP contribution >= 0.6 is 11.6 Å². The SMILES string of the molecule is CCCCS(=O)(=O)Nc1ccc(S(=O)(=O)/C=C/C#N)cc1Cl. The summed E-state index contributed by atoms with van der Waals surface area (Å²) in [6.07, 6.45) is 2.08. The molecule has 0 atom stereocenters. The lowest BCUT2D eigenvalue weighted by atomic mass is 10.3. The van der Waals surface area contributed by atoms with Crippen molar-refractivity contribution < 1.29 is 16.8 Å². The third kappa shape index (κ3) is 5.33. The van der Waals surface area contributed by atoms with Gasteiger partial charge in [-0.1, -0.05) is 24.9 Å². The van der Waals surface area contributed by atoms with Crippen LogP contribution in [0.4, 0.5) is 5.69 Å². The second kappa shape index (κ2) is 7.63. The van der Waals surface area contributed by atoms with Crippen LogP contribution in [-0.2, 0) is 19.9 Å². The summed E-state index contributed by atoms with van der Waals surface area (Å²) in [7, 11) is -7.31. The van der Waals surface area contributed by atoms with Crippen molar-refractivity contribution in [1.82, 2.24) is 0 Å². The van der Waals surface area contributed by atoms with Gasteiger partial charge in [-0.05, 0) is 24.6 Å². The van der Waals surface area contributed by atoms with Gasteiger partial charge in [0.2, 0.25) is 19.9 Å². The summed E-state index contributed by atoms with van der Waals surface area (Å²) in [4.78, 5) is -0.125. The number of rotatable bonds is 7. The van der Waals surface area contributed by atoms with Gasteiger partial charge in [-0.25, -0.2) is 16.8 Å². The summed E-state index contributed by atoms with van der Waals surface area (Å²) in [5.41, 5.74) is 0.112. The van der Waals surface area contributed by atoms with Gasteiger partial charge >= 0.3 is 0 Å². The van der Waals surface area contributed by atoms with Crippen LogP contribution in [0.3, 0.4) is 0 Å². The fourth-order valence-corrected chi connectivity index (χ4v) is 4.08. The number of halogens is 1. The normalized spacial score (nSPS) is 12.2. The Kier molecular flexibility index (Phi) is 6.41. The van der Waals surface area contributed by atoms with Crippen LogP contribution in [0, 0.1) is 11.3 Å². The van der Waals surface area contributed by atoms with Crippen molar-refractivity contribution in [3.05, 3.63) is 34.7 Å². The Bertz CT molecular complexity index is 809. The minimum Gasteiger partial charge on any atom is -0.282 e. The van der Waals surface area contributed by atoms with E-state index < -0.39 is 19.9 Å². The molecule has 1 N–H and O–H groups in total. The van der Waals surface area contributed by atoms with Crippen molar-refractivity contribution in [3.63, 3.8) is 0 Å². The maximum absolute atomic E-state index is 11.8. The van der Waals surface area contributed by atoms with Gasteiger partial charge in [0.1, 0.15) is 0 Å². The molecule has 120 valence electrons. The maximum atomic E-state index is 11.8. The minimum atomic E-state index is -3.78. The Morgan fingerprint density at radius 2 is 2.00 bits per heavy atom. The molecule has 0 saturated carbocycles. The first-order valence-electron chi connectivity index (χ1n) is 6.33. The molecule has 1 aromatic rings. The van der Waals surface area contributed by atoms with Gasteiger partial charge in [0.15, 0.2) is 0 Å². The number of sulfonamides is 1. The Morgan fingerprint density at radius 3 is 2.55 bits per heavy atom. The number of nitrogens with one attached hydrogen (secondary N) is 1. The van der Waals surface area contributed by atoms with Gasteiger partial charge in [-0.2, -0.15) is 5.26 Å². The number of allylic oxidation sites excluding steroid dienone is 1. The summed E-state index contributed by atoms with van der Waals surface area (Å²) >= 11 is 5.93. The quantitative estimate of drug-likeness (QED) is 0.751. The molecule has 9 heteroatoms. The van der Waals surface area contributed by atoms with E-state index >= 15 is 0 Å². The highest BCUT2D eigenvalue weighted by Gasteiger charge is 2.16. The largest absolute Gasteiger partial charge is 0.282 e. The molecule has 1 aromatic carbocycles. The molecule has 0 spiro atoms. The first-order chi connectivity index (χ1) is 10.2. The number of sulfone groups is 1. The lowest BCUT2D eigenvalue weighted by molar-refractivity contribution is 0.597. The van der Waals surface area contributed by atoms with Gasteiger partial charge in [-0.3, -0.25) is 4.72 Å². The average Bonchev–Trinajstić information content (AvgIpc) is 2.45. The molecule has 6 nitrogen and oxygen atoms in total. The molecular weight excluding hydrogens is 348 g/mol. The molecule has 22 heavy (non-hydrogen) atoms. The smallest absolute Gasteiger partial charge is 0.232 e. The highest BCUT2D eigenvalue weighted by molar-refractivity contribution is 7.94. The summed E-state index contributed by atoms with van der Waals surface area (Å²) in [6.45, 7) is 1.87. The van der Waals surface area contributed by atoms with Crippen molar-refractivity contribution >= 4 is 37.1 Å². The zero-order chi connectivity index (χ0) is 16.8. The number of unbranched alkanes of at least 4 members (excludes halogenated alkanes) is 1. The van der Waals surface area contributed by atoms with E-state index in [-0.39, 0.29) is 21.4 Å². The average molecular weight is 363 g/mol. The van der Waals surface area contributed by atoms with E-state index in [0.717, 1.165) is 24.0 Å². The molecule has 0 aromatic heterocycles. The molecule has 0 aliphatic carbocycles. The van der Waals surface area contributed by atoms with Crippen LogP contribution in [0.25, 0.3) is 0 Å². The van der Waals surface area contributed by atoms with Crippen molar-refractivity contribution in [3.8, 4) is 6.07 Å². The van der Waals surface area contributed by atoms with Crippen LogP contribution in [0.5, 0.6) is 0 Å². The number of anilines is 1. The predicted octanol–water partition coefficient (Wildman–Crippen LogP) is 2.69. The standard InChI is InChI=1S/C13H15ClN2O4S2/c1-2-3-9-22(19,20)16-13-6-5-11(10-12(13)14)21(17,18)8-4-7-15/h4-6,8,10,16H,2-3,9H2,1H3/b8-4+. The Labute approximate surface area is 135 Å². The molecule has 0 aliphatic rings. The Balaban J connectivity index is 3.06. The molecule has 0 amide bonds. The monoisotopic (exact) mass is 362 g/mol. The van der Waals surface area contributed by atoms with Crippen LogP contribution in [0.2, 0.25) is 5.02 Å². The molecule has 0 bridgehead atoms. The summed E-state index contributed by atoms with van der Waals surface area (Å²) < 4.78 is 49.6. The molecule has 0 saturated heterocycles. The van der Waals surface area contributed by atoms with Gasteiger partial charge in [0, 0.05) is 11.5 Å². The summed E-state index contributed by atoms with van der Waals surface area (Å²) in [5, 5.41) is 9.09. The number of hydrogen-bond acceptors (Lipinski definition) is 5. The highest BCUT2D eigenvalue weighted by Crippen LogP contribution is 2.27. The summed E-state index contributed by atoms with van der Waals surface area (Å²) in [5.74, 6) is -0.0369. The number of nitrogens with zero attached hydrogens (tertiary/aromatic N) is 1. The van der Waals surface area contributed by atoms with E-state index in [9.17, 15) is 16.8 Å². The van der Waals surface area contributed by atoms with Crippen LogP contribution < -0.4 is 4.72 Å². The van der Waals surface area contributed by atoms with Gasteiger partial charge in [-0.15, -0.1) is 0 Å². The first-order valence-corrected chi connectivity index (χ1v) is 9.91. The van der Waals surface area contributed by atoms with Crippen LogP contribution in [0.1, 0.15) is 19.8 Å². The Morgan fingerprint density at radius 1 is 1.32 bits per heavy atom. The molecule has 0 aliphatic heterocycles. The van der Waals surface area contributed by atoms with Crippen molar-refractivity contribution in [1.29, 1.82) is 5.26 Å². The molecule has 0 heterocycles. The topological polar surface area (TPSA) is 104 Å². The Hall–Kier alpha value is -1.56. The molecule has 0 fully saturated rings. The van der Waals surface area contributed by atoms with E-state index in [1.807, 2.05) is 6.92 Å². The first kappa shape index (κ1) is 18.5. The van der Waals surface area contributed by atoms with Crippen LogP contribution in [0.15, 0.2) is 34.6 Å². The zero-order valence-corrected chi connectivity index (χ0v) is 14.2. The lowest BCUT2D eigenvalue weighted by Gasteiger charge is -2.10. The second-order valence-electron chi connectivity index (χ2n) is 4.39. The fourth-order valence-electron chi connectivity index (χ4n) is 1.51.